The Morgan fingerprint density at radius 2 is 1.92 bits per heavy atom. The fourth-order valence-corrected chi connectivity index (χ4v) is 6.22. The summed E-state index contributed by atoms with van der Waals surface area (Å²) >= 11 is 1.49. The molecule has 0 unspecified atom stereocenters. The average Bonchev–Trinajstić information content (AvgIpc) is 3.53. The summed E-state index contributed by atoms with van der Waals surface area (Å²) in [7, 11) is 0. The Balaban J connectivity index is 1.33. The van der Waals surface area contributed by atoms with E-state index in [0.717, 1.165) is 40.6 Å². The molecule has 202 valence electrons. The van der Waals surface area contributed by atoms with E-state index in [1.165, 1.54) is 11.3 Å². The fraction of sp³-hybridized carbons (Fsp3) is 0.536. The van der Waals surface area contributed by atoms with Gasteiger partial charge in [-0.25, -0.2) is 4.98 Å². The van der Waals surface area contributed by atoms with E-state index in [1.54, 1.807) is 0 Å². The first-order valence-electron chi connectivity index (χ1n) is 13.5. The Labute approximate surface area is 227 Å². The third-order valence-corrected chi connectivity index (χ3v) is 8.97. The standard InChI is InChI=1S/C28H36N6O3S/c1-19(2)25-30-20(3)24(38-25)26(35)33-14-10-28(11-15-33)17-22-18-34(32-31-22)13-4-16-37-23-7-5-21(6-8-23)9-12-29-27(28)36/h5-8,18-19H,4,9-17H2,1-3H3,(H,29,36). The van der Waals surface area contributed by atoms with Crippen LogP contribution < -0.4 is 10.1 Å². The highest BCUT2D eigenvalue weighted by molar-refractivity contribution is 7.13. The smallest absolute Gasteiger partial charge is 0.265 e. The molecule has 38 heavy (non-hydrogen) atoms. The van der Waals surface area contributed by atoms with Crippen molar-refractivity contribution in [1.29, 1.82) is 0 Å². The molecule has 9 nitrogen and oxygen atoms in total. The van der Waals surface area contributed by atoms with Crippen molar-refractivity contribution in [3.05, 3.63) is 57.3 Å². The Kier molecular flexibility index (Phi) is 7.78. The van der Waals surface area contributed by atoms with Crippen molar-refractivity contribution in [3.8, 4) is 5.75 Å². The molecule has 1 saturated heterocycles. The zero-order valence-corrected chi connectivity index (χ0v) is 23.2. The van der Waals surface area contributed by atoms with Crippen LogP contribution in [0.4, 0.5) is 0 Å². The van der Waals surface area contributed by atoms with Gasteiger partial charge >= 0.3 is 0 Å². The SMILES string of the molecule is Cc1nc(C(C)C)sc1C(=O)N1CCC2(CC1)Cc1cn(nn1)CCCOc1ccc(cc1)CCNC2=O. The number of thiazole rings is 1. The Hall–Kier alpha value is -3.27. The Bertz CT molecular complexity index is 1270. The van der Waals surface area contributed by atoms with Crippen molar-refractivity contribution in [2.45, 2.75) is 65.3 Å². The number of hydrogen-bond acceptors (Lipinski definition) is 7. The third-order valence-electron chi connectivity index (χ3n) is 7.52. The quantitative estimate of drug-likeness (QED) is 0.535. The summed E-state index contributed by atoms with van der Waals surface area (Å²) in [5.41, 5.74) is 2.11. The van der Waals surface area contributed by atoms with Crippen LogP contribution in [0.25, 0.3) is 0 Å². The lowest BCUT2D eigenvalue weighted by molar-refractivity contribution is -0.133. The van der Waals surface area contributed by atoms with E-state index in [0.29, 0.717) is 56.9 Å². The van der Waals surface area contributed by atoms with Gasteiger partial charge in [0, 0.05) is 51.1 Å². The molecule has 5 heterocycles. The molecule has 1 spiro atoms. The van der Waals surface area contributed by atoms with Crippen LogP contribution in [0.1, 0.15) is 70.7 Å². The van der Waals surface area contributed by atoms with Gasteiger partial charge in [0.25, 0.3) is 5.91 Å². The molecule has 10 heteroatoms. The van der Waals surface area contributed by atoms with E-state index in [4.69, 9.17) is 4.74 Å². The van der Waals surface area contributed by atoms with Crippen LogP contribution in [0.15, 0.2) is 30.5 Å². The first kappa shape index (κ1) is 26.3. The van der Waals surface area contributed by atoms with Crippen LogP contribution in [-0.4, -0.2) is 62.9 Å². The number of amides is 2. The van der Waals surface area contributed by atoms with Crippen molar-refractivity contribution in [3.63, 3.8) is 0 Å². The number of hydrogen-bond donors (Lipinski definition) is 1. The van der Waals surface area contributed by atoms with Crippen LogP contribution in [0.3, 0.4) is 0 Å². The molecular formula is C28H36N6O3S. The number of rotatable bonds is 2. The molecule has 2 aromatic heterocycles. The van der Waals surface area contributed by atoms with E-state index in [2.05, 4.69) is 46.6 Å². The van der Waals surface area contributed by atoms with Gasteiger partial charge in [0.2, 0.25) is 5.91 Å². The maximum Gasteiger partial charge on any atom is 0.265 e. The minimum Gasteiger partial charge on any atom is -0.494 e. The molecular weight excluding hydrogens is 500 g/mol. The number of carbonyl (C=O) groups is 2. The number of likely N-dealkylation sites (tertiary alicyclic amines) is 1. The first-order valence-corrected chi connectivity index (χ1v) is 14.3. The number of nitrogens with one attached hydrogen (secondary N) is 1. The third kappa shape index (κ3) is 5.75. The number of piperidine rings is 1. The van der Waals surface area contributed by atoms with E-state index in [9.17, 15) is 9.59 Å². The summed E-state index contributed by atoms with van der Waals surface area (Å²) in [5, 5.41) is 12.8. The molecule has 0 atom stereocenters. The predicted molar refractivity (Wildman–Crippen MR) is 146 cm³/mol. The summed E-state index contributed by atoms with van der Waals surface area (Å²) in [6, 6.07) is 8.06. The molecule has 1 N–H and O–H groups in total. The second-order valence-electron chi connectivity index (χ2n) is 10.7. The number of carbonyl (C=O) groups excluding carboxylic acids is 2. The van der Waals surface area contributed by atoms with Crippen LogP contribution in [-0.2, 0) is 24.2 Å². The topological polar surface area (TPSA) is 102 Å². The van der Waals surface area contributed by atoms with E-state index >= 15 is 0 Å². The minimum absolute atomic E-state index is 0.0167. The second kappa shape index (κ2) is 11.2. The average molecular weight is 537 g/mol. The molecule has 3 aromatic rings. The van der Waals surface area contributed by atoms with Crippen molar-refractivity contribution < 1.29 is 14.3 Å². The molecule has 6 rings (SSSR count). The largest absolute Gasteiger partial charge is 0.494 e. The maximum atomic E-state index is 13.7. The highest BCUT2D eigenvalue weighted by Gasteiger charge is 2.43. The summed E-state index contributed by atoms with van der Waals surface area (Å²) in [4.78, 5) is 34.3. The van der Waals surface area contributed by atoms with Crippen LogP contribution >= 0.6 is 11.3 Å². The highest BCUT2D eigenvalue weighted by atomic mass is 32.1. The molecule has 1 fully saturated rings. The van der Waals surface area contributed by atoms with Gasteiger partial charge in [-0.1, -0.05) is 31.2 Å². The monoisotopic (exact) mass is 536 g/mol. The molecule has 3 aliphatic rings. The maximum absolute atomic E-state index is 13.7. The Morgan fingerprint density at radius 1 is 1.16 bits per heavy atom. The molecule has 0 aliphatic carbocycles. The number of benzene rings is 1. The number of fused-ring (bicyclic) bond motifs is 8. The van der Waals surface area contributed by atoms with E-state index in [1.807, 2.05) is 34.8 Å². The van der Waals surface area contributed by atoms with Crippen LogP contribution in [0.2, 0.25) is 0 Å². The summed E-state index contributed by atoms with van der Waals surface area (Å²) in [5.74, 6) is 1.17. The minimum atomic E-state index is -0.635. The van der Waals surface area contributed by atoms with Gasteiger partial charge in [-0.05, 0) is 43.9 Å². The number of ether oxygens (including phenoxy) is 1. The Morgan fingerprint density at radius 3 is 2.63 bits per heavy atom. The zero-order chi connectivity index (χ0) is 26.7. The van der Waals surface area contributed by atoms with Gasteiger partial charge in [-0.3, -0.25) is 14.3 Å². The van der Waals surface area contributed by atoms with Gasteiger partial charge in [0.05, 0.1) is 28.4 Å². The van der Waals surface area contributed by atoms with E-state index in [-0.39, 0.29) is 17.7 Å². The lowest BCUT2D eigenvalue weighted by atomic mass is 9.74. The lowest BCUT2D eigenvalue weighted by Gasteiger charge is -2.40. The summed E-state index contributed by atoms with van der Waals surface area (Å²) in [6.07, 6.45) is 5.15. The first-order chi connectivity index (χ1) is 18.3. The van der Waals surface area contributed by atoms with E-state index < -0.39 is 5.41 Å². The van der Waals surface area contributed by atoms with Gasteiger partial charge in [-0.15, -0.1) is 16.4 Å². The number of aryl methyl sites for hydroxylation is 2. The van der Waals surface area contributed by atoms with Crippen molar-refractivity contribution >= 4 is 23.2 Å². The molecule has 2 amide bonds. The lowest BCUT2D eigenvalue weighted by Crippen LogP contribution is -2.51. The van der Waals surface area contributed by atoms with Gasteiger partial charge in [-0.2, -0.15) is 0 Å². The van der Waals surface area contributed by atoms with Crippen LogP contribution in [0.5, 0.6) is 5.75 Å². The second-order valence-corrected chi connectivity index (χ2v) is 11.7. The van der Waals surface area contributed by atoms with Crippen LogP contribution in [0, 0.1) is 12.3 Å². The number of nitrogens with zero attached hydrogens (tertiary/aromatic N) is 5. The fourth-order valence-electron chi connectivity index (χ4n) is 5.18. The van der Waals surface area contributed by atoms with Gasteiger partial charge in [0.1, 0.15) is 10.6 Å². The number of aromatic nitrogens is 4. The molecule has 1 aromatic carbocycles. The van der Waals surface area contributed by atoms with Gasteiger partial charge in [0.15, 0.2) is 0 Å². The zero-order valence-electron chi connectivity index (χ0n) is 22.4. The predicted octanol–water partition coefficient (Wildman–Crippen LogP) is 3.77. The summed E-state index contributed by atoms with van der Waals surface area (Å²) in [6.45, 7) is 8.97. The van der Waals surface area contributed by atoms with Crippen molar-refractivity contribution in [2.75, 3.05) is 26.2 Å². The molecule has 3 aliphatic heterocycles. The van der Waals surface area contributed by atoms with Crippen molar-refractivity contribution in [1.82, 2.24) is 30.2 Å². The molecule has 4 bridgehead atoms. The molecule has 0 radical (unpaired) electrons. The summed E-state index contributed by atoms with van der Waals surface area (Å²) < 4.78 is 7.68. The van der Waals surface area contributed by atoms with Gasteiger partial charge < -0.3 is 15.0 Å². The molecule has 0 saturated carbocycles. The highest BCUT2D eigenvalue weighted by Crippen LogP contribution is 2.36. The van der Waals surface area contributed by atoms with Crippen molar-refractivity contribution in [2.24, 2.45) is 5.41 Å². The normalized spacial score (nSPS) is 18.3.